The quantitative estimate of drug-likeness (QED) is 0.903. The van der Waals surface area contributed by atoms with Gasteiger partial charge in [-0.3, -0.25) is 0 Å². The van der Waals surface area contributed by atoms with Crippen molar-refractivity contribution in [3.05, 3.63) is 28.5 Å². The largest absolute Gasteiger partial charge is 0.392 e. The molecule has 118 valence electrons. The second-order valence-corrected chi connectivity index (χ2v) is 7.44. The van der Waals surface area contributed by atoms with Crippen molar-refractivity contribution in [2.75, 3.05) is 33.2 Å². The van der Waals surface area contributed by atoms with Crippen LogP contribution < -0.4 is 0 Å². The van der Waals surface area contributed by atoms with Gasteiger partial charge in [-0.15, -0.1) is 0 Å². The van der Waals surface area contributed by atoms with Crippen molar-refractivity contribution in [2.45, 2.75) is 17.9 Å². The van der Waals surface area contributed by atoms with Crippen LogP contribution >= 0.6 is 11.6 Å². The number of aliphatic hydroxyl groups excluding tert-OH is 1. The van der Waals surface area contributed by atoms with Gasteiger partial charge in [0.2, 0.25) is 10.0 Å². The third-order valence-corrected chi connectivity index (χ3v) is 5.66. The second kappa shape index (κ2) is 6.58. The molecule has 0 atom stereocenters. The van der Waals surface area contributed by atoms with Crippen molar-refractivity contribution in [1.29, 1.82) is 0 Å². The summed E-state index contributed by atoms with van der Waals surface area (Å²) >= 11 is 5.83. The molecule has 1 aliphatic rings. The third kappa shape index (κ3) is 3.54. The molecule has 0 spiro atoms. The molecule has 1 saturated heterocycles. The molecule has 0 aliphatic carbocycles. The van der Waals surface area contributed by atoms with Crippen LogP contribution in [0.2, 0.25) is 5.02 Å². The molecule has 1 heterocycles. The first kappa shape index (κ1) is 16.6. The molecule has 0 saturated carbocycles. The van der Waals surface area contributed by atoms with E-state index in [4.69, 9.17) is 16.7 Å². The topological polar surface area (TPSA) is 60.9 Å². The van der Waals surface area contributed by atoms with Gasteiger partial charge in [0.15, 0.2) is 0 Å². The molecule has 2 rings (SSSR count). The first-order valence-corrected chi connectivity index (χ1v) is 8.45. The molecule has 1 fully saturated rings. The Kier molecular flexibility index (Phi) is 5.21. The summed E-state index contributed by atoms with van der Waals surface area (Å²) < 4.78 is 40.7. The molecule has 1 aliphatic heterocycles. The van der Waals surface area contributed by atoms with Crippen molar-refractivity contribution in [1.82, 2.24) is 9.21 Å². The summed E-state index contributed by atoms with van der Waals surface area (Å²) in [6.45, 7) is 1.43. The normalized spacial score (nSPS) is 18.7. The van der Waals surface area contributed by atoms with Crippen molar-refractivity contribution >= 4 is 21.6 Å². The molecule has 0 radical (unpaired) electrons. The number of sulfonamides is 1. The van der Waals surface area contributed by atoms with Crippen LogP contribution in [0.1, 0.15) is 12.0 Å². The molecule has 1 aromatic rings. The number of hydrogen-bond donors (Lipinski definition) is 1. The van der Waals surface area contributed by atoms with Crippen LogP contribution in [0.3, 0.4) is 0 Å². The van der Waals surface area contributed by atoms with Gasteiger partial charge in [-0.05, 0) is 32.1 Å². The summed E-state index contributed by atoms with van der Waals surface area (Å²) in [5, 5.41) is 9.20. The van der Waals surface area contributed by atoms with E-state index in [1.165, 1.54) is 10.4 Å². The van der Waals surface area contributed by atoms with Crippen molar-refractivity contribution < 1.29 is 17.9 Å². The first-order chi connectivity index (χ1) is 9.86. The van der Waals surface area contributed by atoms with Crippen LogP contribution in [-0.4, -0.2) is 56.0 Å². The molecule has 1 aromatic carbocycles. The maximum atomic E-state index is 14.2. The maximum absolute atomic E-state index is 14.2. The van der Waals surface area contributed by atoms with Gasteiger partial charge in [-0.1, -0.05) is 11.6 Å². The number of rotatable bonds is 3. The molecule has 0 unspecified atom stereocenters. The Bertz CT molecular complexity index is 624. The minimum Gasteiger partial charge on any atom is -0.392 e. The van der Waals surface area contributed by atoms with Crippen LogP contribution in [0.4, 0.5) is 4.39 Å². The van der Waals surface area contributed by atoms with Gasteiger partial charge in [0.1, 0.15) is 10.7 Å². The fraction of sp³-hybridized carbons (Fsp3) is 0.538. The maximum Gasteiger partial charge on any atom is 0.246 e. The van der Waals surface area contributed by atoms with E-state index < -0.39 is 27.3 Å². The van der Waals surface area contributed by atoms with Gasteiger partial charge in [0.25, 0.3) is 0 Å². The highest BCUT2D eigenvalue weighted by Gasteiger charge is 2.30. The molecule has 5 nitrogen and oxygen atoms in total. The number of hydrogen-bond acceptors (Lipinski definition) is 4. The van der Waals surface area contributed by atoms with Gasteiger partial charge in [0, 0.05) is 30.2 Å². The number of halogens is 2. The lowest BCUT2D eigenvalue weighted by atomic mass is 10.2. The molecule has 0 aromatic heterocycles. The van der Waals surface area contributed by atoms with E-state index in [2.05, 4.69) is 0 Å². The predicted molar refractivity (Wildman–Crippen MR) is 78.2 cm³/mol. The van der Waals surface area contributed by atoms with E-state index in [1.807, 2.05) is 11.9 Å². The second-order valence-electron chi connectivity index (χ2n) is 5.10. The highest BCUT2D eigenvalue weighted by atomic mass is 35.5. The molecular weight excluding hydrogens is 319 g/mol. The predicted octanol–water partition coefficient (Wildman–Crippen LogP) is 1.30. The van der Waals surface area contributed by atoms with Crippen molar-refractivity contribution in [2.24, 2.45) is 0 Å². The first-order valence-electron chi connectivity index (χ1n) is 6.63. The minimum absolute atomic E-state index is 0.0889. The minimum atomic E-state index is -3.96. The lowest BCUT2D eigenvalue weighted by Crippen LogP contribution is -2.35. The van der Waals surface area contributed by atoms with E-state index in [-0.39, 0.29) is 10.6 Å². The molecule has 21 heavy (non-hydrogen) atoms. The van der Waals surface area contributed by atoms with Crippen LogP contribution in [0, 0.1) is 5.82 Å². The van der Waals surface area contributed by atoms with Gasteiger partial charge < -0.3 is 10.0 Å². The zero-order valence-corrected chi connectivity index (χ0v) is 13.3. The standard InChI is InChI=1S/C13H18ClFN2O3S/c1-16-3-2-4-17(6-5-16)21(19,20)12-8-11(14)7-10(9-18)13(12)15/h7-8,18H,2-6,9H2,1H3. The lowest BCUT2D eigenvalue weighted by Gasteiger charge is -2.21. The van der Waals surface area contributed by atoms with E-state index >= 15 is 0 Å². The monoisotopic (exact) mass is 336 g/mol. The summed E-state index contributed by atoms with van der Waals surface area (Å²) in [7, 11) is -2.04. The fourth-order valence-electron chi connectivity index (χ4n) is 2.32. The van der Waals surface area contributed by atoms with Gasteiger partial charge in [0.05, 0.1) is 6.61 Å². The average Bonchev–Trinajstić information content (AvgIpc) is 2.66. The molecule has 0 amide bonds. The third-order valence-electron chi connectivity index (χ3n) is 3.55. The molecular formula is C13H18ClFN2O3S. The number of likely N-dealkylation sites (N-methyl/N-ethyl adjacent to an activating group) is 1. The Morgan fingerprint density at radius 3 is 2.67 bits per heavy atom. The SMILES string of the molecule is CN1CCCN(S(=O)(=O)c2cc(Cl)cc(CO)c2F)CC1. The Morgan fingerprint density at radius 1 is 1.29 bits per heavy atom. The van der Waals surface area contributed by atoms with Crippen LogP contribution in [0.5, 0.6) is 0 Å². The smallest absolute Gasteiger partial charge is 0.246 e. The molecule has 0 bridgehead atoms. The van der Waals surface area contributed by atoms with Crippen molar-refractivity contribution in [3.63, 3.8) is 0 Å². The average molecular weight is 337 g/mol. The van der Waals surface area contributed by atoms with Crippen LogP contribution in [0.15, 0.2) is 17.0 Å². The Hall–Kier alpha value is -0.730. The summed E-state index contributed by atoms with van der Waals surface area (Å²) in [6, 6.07) is 2.33. The van der Waals surface area contributed by atoms with Gasteiger partial charge >= 0.3 is 0 Å². The summed E-state index contributed by atoms with van der Waals surface area (Å²) in [5.74, 6) is -0.931. The highest BCUT2D eigenvalue weighted by molar-refractivity contribution is 7.89. The summed E-state index contributed by atoms with van der Waals surface area (Å²) in [6.07, 6.45) is 0.685. The Balaban J connectivity index is 2.42. The van der Waals surface area contributed by atoms with E-state index in [0.717, 1.165) is 12.6 Å². The number of benzene rings is 1. The number of nitrogens with zero attached hydrogens (tertiary/aromatic N) is 2. The van der Waals surface area contributed by atoms with Crippen LogP contribution in [0.25, 0.3) is 0 Å². The van der Waals surface area contributed by atoms with E-state index in [9.17, 15) is 12.8 Å². The fourth-order valence-corrected chi connectivity index (χ4v) is 4.23. The van der Waals surface area contributed by atoms with Gasteiger partial charge in [-0.2, -0.15) is 4.31 Å². The van der Waals surface area contributed by atoms with E-state index in [0.29, 0.717) is 26.1 Å². The molecule has 8 heteroatoms. The van der Waals surface area contributed by atoms with Gasteiger partial charge in [-0.25, -0.2) is 12.8 Å². The highest BCUT2D eigenvalue weighted by Crippen LogP contribution is 2.27. The molecule has 1 N–H and O–H groups in total. The van der Waals surface area contributed by atoms with E-state index in [1.54, 1.807) is 0 Å². The van der Waals surface area contributed by atoms with Crippen molar-refractivity contribution in [3.8, 4) is 0 Å². The number of aliphatic hydroxyl groups is 1. The zero-order chi connectivity index (χ0) is 15.6. The van der Waals surface area contributed by atoms with Crippen LogP contribution in [-0.2, 0) is 16.6 Å². The summed E-state index contributed by atoms with van der Waals surface area (Å²) in [5.41, 5.74) is -0.118. The Morgan fingerprint density at radius 2 is 2.00 bits per heavy atom. The Labute approximate surface area is 129 Å². The lowest BCUT2D eigenvalue weighted by molar-refractivity contribution is 0.274. The summed E-state index contributed by atoms with van der Waals surface area (Å²) in [4.78, 5) is 1.56. The zero-order valence-electron chi connectivity index (χ0n) is 11.7.